The van der Waals surface area contributed by atoms with Crippen molar-refractivity contribution in [1.82, 2.24) is 20.9 Å². The van der Waals surface area contributed by atoms with Crippen molar-refractivity contribution in [2.24, 2.45) is 10.9 Å². The second-order valence-corrected chi connectivity index (χ2v) is 7.73. The first-order chi connectivity index (χ1) is 13.3. The maximum atomic E-state index is 12.1. The summed E-state index contributed by atoms with van der Waals surface area (Å²) in [6.45, 7) is 5.62. The average Bonchev–Trinajstić information content (AvgIpc) is 2.95. The number of nitrogens with zero attached hydrogens (tertiary/aromatic N) is 2. The third-order valence-corrected chi connectivity index (χ3v) is 5.81. The fourth-order valence-electron chi connectivity index (χ4n) is 3.94. The number of carbonyl (C=O) groups excluding carboxylic acids is 2. The van der Waals surface area contributed by atoms with Crippen LogP contribution in [0, 0.1) is 12.8 Å². The first kappa shape index (κ1) is 23.4. The van der Waals surface area contributed by atoms with Gasteiger partial charge in [0.05, 0.1) is 6.10 Å². The summed E-state index contributed by atoms with van der Waals surface area (Å²) in [5.74, 6) is 0.556. The summed E-state index contributed by atoms with van der Waals surface area (Å²) in [7, 11) is 1.72. The van der Waals surface area contributed by atoms with Gasteiger partial charge in [-0.15, -0.1) is 24.0 Å². The SMILES string of the molecule is CN=C(NCC(O)c1ccc(C)cc1)N1CCC(C2(C)NC(=O)NC2=O)CC1.I. The number of rotatable bonds is 4. The molecule has 0 aromatic heterocycles. The zero-order chi connectivity index (χ0) is 20.3. The average molecular weight is 515 g/mol. The number of piperidine rings is 1. The standard InChI is InChI=1S/C20H29N5O3.HI/c1-13-4-6-14(7-5-13)16(26)12-22-18(21-3)25-10-8-15(9-11-25)20(2)17(27)23-19(28)24-20;/h4-7,15-16,26H,8-12H2,1-3H3,(H,21,22)(H2,23,24,27,28);1H. The van der Waals surface area contributed by atoms with Gasteiger partial charge in [-0.3, -0.25) is 15.1 Å². The molecule has 8 nitrogen and oxygen atoms in total. The highest BCUT2D eigenvalue weighted by Crippen LogP contribution is 2.30. The van der Waals surface area contributed by atoms with Crippen molar-refractivity contribution in [1.29, 1.82) is 0 Å². The Kier molecular flexibility index (Phi) is 7.87. The molecule has 2 saturated heterocycles. The van der Waals surface area contributed by atoms with Gasteiger partial charge >= 0.3 is 6.03 Å². The summed E-state index contributed by atoms with van der Waals surface area (Å²) in [6.07, 6.45) is 0.919. The molecular formula is C20H30IN5O3. The summed E-state index contributed by atoms with van der Waals surface area (Å²) >= 11 is 0. The first-order valence-electron chi connectivity index (χ1n) is 9.67. The maximum Gasteiger partial charge on any atom is 0.322 e. The van der Waals surface area contributed by atoms with Gasteiger partial charge in [0, 0.05) is 26.7 Å². The molecule has 2 heterocycles. The quantitative estimate of drug-likeness (QED) is 0.211. The van der Waals surface area contributed by atoms with E-state index in [4.69, 9.17) is 0 Å². The molecule has 0 bridgehead atoms. The minimum atomic E-state index is -0.845. The lowest BCUT2D eigenvalue weighted by atomic mass is 9.79. The number of benzene rings is 1. The molecule has 0 radical (unpaired) electrons. The molecule has 1 aromatic carbocycles. The number of hydrogen-bond acceptors (Lipinski definition) is 4. The Hall–Kier alpha value is -1.88. The van der Waals surface area contributed by atoms with Crippen LogP contribution < -0.4 is 16.0 Å². The summed E-state index contributed by atoms with van der Waals surface area (Å²) in [4.78, 5) is 30.1. The van der Waals surface area contributed by atoms with Crippen LogP contribution in [0.4, 0.5) is 4.79 Å². The van der Waals surface area contributed by atoms with E-state index in [0.717, 1.165) is 43.0 Å². The Balaban J connectivity index is 0.00000300. The van der Waals surface area contributed by atoms with E-state index in [9.17, 15) is 14.7 Å². The fourth-order valence-corrected chi connectivity index (χ4v) is 3.94. The third-order valence-electron chi connectivity index (χ3n) is 5.81. The Morgan fingerprint density at radius 3 is 2.45 bits per heavy atom. The highest BCUT2D eigenvalue weighted by Gasteiger charge is 2.48. The number of aliphatic hydroxyl groups excluding tert-OH is 1. The van der Waals surface area contributed by atoms with Crippen LogP contribution in [0.3, 0.4) is 0 Å². The number of aliphatic hydroxyl groups is 1. The van der Waals surface area contributed by atoms with Crippen LogP contribution in [-0.2, 0) is 4.79 Å². The van der Waals surface area contributed by atoms with Crippen molar-refractivity contribution < 1.29 is 14.7 Å². The second kappa shape index (κ2) is 9.75. The van der Waals surface area contributed by atoms with Crippen LogP contribution in [0.15, 0.2) is 29.3 Å². The van der Waals surface area contributed by atoms with Gasteiger partial charge in [0.2, 0.25) is 0 Å². The van der Waals surface area contributed by atoms with Crippen LogP contribution in [0.25, 0.3) is 0 Å². The number of halogens is 1. The second-order valence-electron chi connectivity index (χ2n) is 7.73. The van der Waals surface area contributed by atoms with E-state index in [2.05, 4.69) is 25.8 Å². The number of nitrogens with one attached hydrogen (secondary N) is 3. The van der Waals surface area contributed by atoms with E-state index in [1.54, 1.807) is 14.0 Å². The Bertz CT molecular complexity index is 762. The molecule has 2 aliphatic heterocycles. The number of imide groups is 1. The lowest BCUT2D eigenvalue weighted by Crippen LogP contribution is -2.55. The smallest absolute Gasteiger partial charge is 0.322 e. The normalized spacial score (nSPS) is 23.9. The molecule has 0 spiro atoms. The Morgan fingerprint density at radius 1 is 1.31 bits per heavy atom. The van der Waals surface area contributed by atoms with Gasteiger partial charge in [0.1, 0.15) is 5.54 Å². The van der Waals surface area contributed by atoms with E-state index in [1.807, 2.05) is 31.2 Å². The molecule has 2 unspecified atom stereocenters. The van der Waals surface area contributed by atoms with Crippen LogP contribution in [0.5, 0.6) is 0 Å². The molecule has 3 rings (SSSR count). The predicted molar refractivity (Wildman–Crippen MR) is 122 cm³/mol. The number of aryl methyl sites for hydroxylation is 1. The third kappa shape index (κ3) is 5.19. The molecule has 9 heteroatoms. The van der Waals surface area contributed by atoms with Gasteiger partial charge in [0.15, 0.2) is 5.96 Å². The van der Waals surface area contributed by atoms with Gasteiger partial charge in [-0.1, -0.05) is 29.8 Å². The van der Waals surface area contributed by atoms with Crippen molar-refractivity contribution >= 4 is 41.9 Å². The van der Waals surface area contributed by atoms with Gasteiger partial charge in [-0.25, -0.2) is 4.79 Å². The highest BCUT2D eigenvalue weighted by atomic mass is 127. The van der Waals surface area contributed by atoms with Gasteiger partial charge in [-0.05, 0) is 38.2 Å². The number of amides is 3. The van der Waals surface area contributed by atoms with Crippen molar-refractivity contribution in [2.75, 3.05) is 26.7 Å². The molecule has 29 heavy (non-hydrogen) atoms. The Labute approximate surface area is 188 Å². The summed E-state index contributed by atoms with van der Waals surface area (Å²) in [6, 6.07) is 7.40. The molecule has 160 valence electrons. The number of guanidine groups is 1. The zero-order valence-electron chi connectivity index (χ0n) is 17.1. The topological polar surface area (TPSA) is 106 Å². The van der Waals surface area contributed by atoms with E-state index in [-0.39, 0.29) is 35.8 Å². The number of aliphatic imine (C=N–C) groups is 1. The molecule has 2 aliphatic rings. The van der Waals surface area contributed by atoms with Gasteiger partial charge in [0.25, 0.3) is 5.91 Å². The van der Waals surface area contributed by atoms with Crippen molar-refractivity contribution in [3.63, 3.8) is 0 Å². The maximum absolute atomic E-state index is 12.1. The molecule has 3 amide bonds. The molecule has 1 aromatic rings. The van der Waals surface area contributed by atoms with Crippen molar-refractivity contribution in [3.05, 3.63) is 35.4 Å². The molecule has 4 N–H and O–H groups in total. The van der Waals surface area contributed by atoms with E-state index < -0.39 is 17.7 Å². The minimum Gasteiger partial charge on any atom is -0.387 e. The van der Waals surface area contributed by atoms with Crippen LogP contribution >= 0.6 is 24.0 Å². The summed E-state index contributed by atoms with van der Waals surface area (Å²) < 4.78 is 0. The van der Waals surface area contributed by atoms with Crippen LogP contribution in [0.2, 0.25) is 0 Å². The summed E-state index contributed by atoms with van der Waals surface area (Å²) in [5, 5.41) is 18.8. The lowest BCUT2D eigenvalue weighted by Gasteiger charge is -2.39. The van der Waals surface area contributed by atoms with Crippen LogP contribution in [-0.4, -0.2) is 60.1 Å². The zero-order valence-corrected chi connectivity index (χ0v) is 19.4. The van der Waals surface area contributed by atoms with Crippen LogP contribution in [0.1, 0.15) is 37.0 Å². The van der Waals surface area contributed by atoms with Crippen molar-refractivity contribution in [2.45, 2.75) is 38.3 Å². The first-order valence-corrected chi connectivity index (χ1v) is 9.67. The summed E-state index contributed by atoms with van der Waals surface area (Å²) in [5.41, 5.74) is 1.17. The number of likely N-dealkylation sites (tertiary alicyclic amines) is 1. The minimum absolute atomic E-state index is 0. The number of urea groups is 1. The number of carbonyl (C=O) groups is 2. The molecular weight excluding hydrogens is 485 g/mol. The van der Waals surface area contributed by atoms with E-state index >= 15 is 0 Å². The predicted octanol–water partition coefficient (Wildman–Crippen LogP) is 1.53. The van der Waals surface area contributed by atoms with E-state index in [1.165, 1.54) is 0 Å². The Morgan fingerprint density at radius 2 is 1.93 bits per heavy atom. The monoisotopic (exact) mass is 515 g/mol. The van der Waals surface area contributed by atoms with Gasteiger partial charge in [-0.2, -0.15) is 0 Å². The highest BCUT2D eigenvalue weighted by molar-refractivity contribution is 14.0. The largest absolute Gasteiger partial charge is 0.387 e. The molecule has 0 aliphatic carbocycles. The molecule has 2 atom stereocenters. The fraction of sp³-hybridized carbons (Fsp3) is 0.550. The number of hydrogen-bond donors (Lipinski definition) is 4. The van der Waals surface area contributed by atoms with Gasteiger partial charge < -0.3 is 20.6 Å². The molecule has 0 saturated carbocycles. The van der Waals surface area contributed by atoms with Crippen molar-refractivity contribution in [3.8, 4) is 0 Å². The lowest BCUT2D eigenvalue weighted by molar-refractivity contribution is -0.125. The van der Waals surface area contributed by atoms with E-state index in [0.29, 0.717) is 6.54 Å². The molecule has 2 fully saturated rings.